The van der Waals surface area contributed by atoms with Gasteiger partial charge in [0.15, 0.2) is 0 Å². The van der Waals surface area contributed by atoms with Crippen molar-refractivity contribution >= 4 is 34.1 Å². The lowest BCUT2D eigenvalue weighted by Crippen LogP contribution is -2.29. The van der Waals surface area contributed by atoms with Gasteiger partial charge in [-0.2, -0.15) is 4.98 Å². The maximum atomic E-state index is 11.1. The quantitative estimate of drug-likeness (QED) is 0.424. The van der Waals surface area contributed by atoms with Crippen LogP contribution >= 0.6 is 22.6 Å². The van der Waals surface area contributed by atoms with Gasteiger partial charge in [0.2, 0.25) is 11.7 Å². The minimum atomic E-state index is -0.421. The molecule has 0 spiro atoms. The third kappa shape index (κ3) is 4.16. The Labute approximate surface area is 125 Å². The molecule has 0 aromatic carbocycles. The molecule has 0 saturated carbocycles. The van der Waals surface area contributed by atoms with E-state index in [1.807, 2.05) is 41.6 Å². The number of methoxy groups -OCH3 is 1. The Bertz CT molecular complexity index is 467. The molecular formula is C11H17IN4O3. The van der Waals surface area contributed by atoms with Crippen molar-refractivity contribution in [3.8, 4) is 5.88 Å². The van der Waals surface area contributed by atoms with Crippen molar-refractivity contribution in [1.29, 1.82) is 0 Å². The van der Waals surface area contributed by atoms with Crippen molar-refractivity contribution in [1.82, 2.24) is 9.88 Å². The number of nitrogens with zero attached hydrogens (tertiary/aromatic N) is 4. The fourth-order valence-electron chi connectivity index (χ4n) is 1.47. The summed E-state index contributed by atoms with van der Waals surface area (Å²) in [6.45, 7) is 1.42. The second-order valence-electron chi connectivity index (χ2n) is 4.30. The lowest BCUT2D eigenvalue weighted by Gasteiger charge is -2.20. The van der Waals surface area contributed by atoms with Crippen molar-refractivity contribution < 1.29 is 9.66 Å². The molecule has 1 heterocycles. The van der Waals surface area contributed by atoms with Crippen LogP contribution in [0.4, 0.5) is 11.5 Å². The summed E-state index contributed by atoms with van der Waals surface area (Å²) in [6.07, 6.45) is 0. The van der Waals surface area contributed by atoms with Crippen molar-refractivity contribution in [2.75, 3.05) is 46.2 Å². The van der Waals surface area contributed by atoms with Crippen LogP contribution in [0.2, 0.25) is 0 Å². The van der Waals surface area contributed by atoms with Crippen LogP contribution in [0.25, 0.3) is 0 Å². The van der Waals surface area contributed by atoms with Gasteiger partial charge in [-0.25, -0.2) is 0 Å². The molecule has 0 atom stereocenters. The second kappa shape index (κ2) is 6.85. The first-order chi connectivity index (χ1) is 8.86. The number of anilines is 1. The van der Waals surface area contributed by atoms with Gasteiger partial charge in [-0.3, -0.25) is 10.1 Å². The predicted octanol–water partition coefficient (Wildman–Crippen LogP) is 1.60. The molecule has 106 valence electrons. The van der Waals surface area contributed by atoms with Crippen LogP contribution in [0.1, 0.15) is 0 Å². The summed E-state index contributed by atoms with van der Waals surface area (Å²) in [7, 11) is 7.18. The highest BCUT2D eigenvalue weighted by Gasteiger charge is 2.22. The number of pyridine rings is 1. The molecule has 0 unspecified atom stereocenters. The van der Waals surface area contributed by atoms with Crippen molar-refractivity contribution in [3.05, 3.63) is 19.8 Å². The van der Waals surface area contributed by atoms with E-state index in [0.29, 0.717) is 21.8 Å². The first-order valence-electron chi connectivity index (χ1n) is 5.61. The number of nitro groups is 1. The highest BCUT2D eigenvalue weighted by Crippen LogP contribution is 2.31. The SMILES string of the molecule is COc1nc(N(C)CCN(C)C)c([N+](=O)[O-])cc1I. The Balaban J connectivity index is 3.12. The molecule has 0 aliphatic carbocycles. The van der Waals surface area contributed by atoms with Gasteiger partial charge in [0.05, 0.1) is 15.6 Å². The summed E-state index contributed by atoms with van der Waals surface area (Å²) in [5.74, 6) is 0.724. The normalized spacial score (nSPS) is 10.6. The van der Waals surface area contributed by atoms with Gasteiger partial charge in [-0.1, -0.05) is 0 Å². The number of ether oxygens (including phenoxy) is 1. The van der Waals surface area contributed by atoms with Crippen molar-refractivity contribution in [2.45, 2.75) is 0 Å². The molecule has 1 aromatic heterocycles. The van der Waals surface area contributed by atoms with Gasteiger partial charge in [0, 0.05) is 26.2 Å². The summed E-state index contributed by atoms with van der Waals surface area (Å²) in [6, 6.07) is 1.48. The number of halogens is 1. The van der Waals surface area contributed by atoms with Gasteiger partial charge in [-0.05, 0) is 36.7 Å². The Hall–Kier alpha value is -1.16. The minimum Gasteiger partial charge on any atom is -0.480 e. The monoisotopic (exact) mass is 380 g/mol. The van der Waals surface area contributed by atoms with E-state index in [-0.39, 0.29) is 5.69 Å². The molecule has 0 saturated heterocycles. The fraction of sp³-hybridized carbons (Fsp3) is 0.545. The molecule has 0 bridgehead atoms. The molecule has 0 N–H and O–H groups in total. The summed E-state index contributed by atoms with van der Waals surface area (Å²) in [4.78, 5) is 18.7. The number of rotatable bonds is 6. The van der Waals surface area contributed by atoms with Crippen molar-refractivity contribution in [2.24, 2.45) is 0 Å². The van der Waals surface area contributed by atoms with E-state index in [2.05, 4.69) is 4.98 Å². The Kier molecular flexibility index (Phi) is 5.73. The van der Waals surface area contributed by atoms with Gasteiger partial charge >= 0.3 is 5.69 Å². The molecule has 8 heteroatoms. The zero-order valence-corrected chi connectivity index (χ0v) is 13.5. The lowest BCUT2D eigenvalue weighted by molar-refractivity contribution is -0.384. The summed E-state index contributed by atoms with van der Waals surface area (Å²) in [5.41, 5.74) is -0.00791. The van der Waals surface area contributed by atoms with Crippen LogP contribution in [0.15, 0.2) is 6.07 Å². The third-order valence-corrected chi connectivity index (χ3v) is 3.31. The Morgan fingerprint density at radius 1 is 1.42 bits per heavy atom. The van der Waals surface area contributed by atoms with E-state index in [4.69, 9.17) is 4.74 Å². The van der Waals surface area contributed by atoms with Gasteiger partial charge < -0.3 is 14.5 Å². The van der Waals surface area contributed by atoms with E-state index in [0.717, 1.165) is 6.54 Å². The van der Waals surface area contributed by atoms with Crippen LogP contribution < -0.4 is 9.64 Å². The smallest absolute Gasteiger partial charge is 0.312 e. The molecule has 19 heavy (non-hydrogen) atoms. The van der Waals surface area contributed by atoms with Gasteiger partial charge in [0.25, 0.3) is 0 Å². The van der Waals surface area contributed by atoms with Crippen molar-refractivity contribution in [3.63, 3.8) is 0 Å². The average molecular weight is 380 g/mol. The standard InChI is InChI=1S/C11H17IN4O3/c1-14(2)5-6-15(3)10-9(16(17)18)7-8(12)11(13-10)19-4/h7H,5-6H2,1-4H3. The first-order valence-corrected chi connectivity index (χ1v) is 6.69. The van der Waals surface area contributed by atoms with E-state index < -0.39 is 4.92 Å². The zero-order valence-electron chi connectivity index (χ0n) is 11.4. The number of hydrogen-bond donors (Lipinski definition) is 0. The second-order valence-corrected chi connectivity index (χ2v) is 5.47. The first kappa shape index (κ1) is 15.9. The Morgan fingerprint density at radius 3 is 2.53 bits per heavy atom. The number of aromatic nitrogens is 1. The molecule has 1 rings (SSSR count). The maximum Gasteiger partial charge on any atom is 0.312 e. The van der Waals surface area contributed by atoms with Gasteiger partial charge in [-0.15, -0.1) is 0 Å². The average Bonchev–Trinajstić information content (AvgIpc) is 2.35. The van der Waals surface area contributed by atoms with Crippen LogP contribution in [-0.4, -0.2) is 56.1 Å². The van der Waals surface area contributed by atoms with E-state index in [1.54, 1.807) is 11.9 Å². The molecule has 0 aliphatic rings. The van der Waals surface area contributed by atoms with E-state index in [1.165, 1.54) is 13.2 Å². The highest BCUT2D eigenvalue weighted by atomic mass is 127. The third-order valence-electron chi connectivity index (χ3n) is 2.54. The van der Waals surface area contributed by atoms with Crippen LogP contribution in [0, 0.1) is 13.7 Å². The lowest BCUT2D eigenvalue weighted by atomic mass is 10.3. The minimum absolute atomic E-state index is 0.00791. The van der Waals surface area contributed by atoms with Crippen LogP contribution in [-0.2, 0) is 0 Å². The topological polar surface area (TPSA) is 71.7 Å². The molecule has 0 radical (unpaired) electrons. The number of hydrogen-bond acceptors (Lipinski definition) is 6. The molecule has 1 aromatic rings. The zero-order chi connectivity index (χ0) is 14.6. The summed E-state index contributed by atoms with van der Waals surface area (Å²) >= 11 is 1.97. The Morgan fingerprint density at radius 2 is 2.05 bits per heavy atom. The molecule has 0 amide bonds. The molecular weight excluding hydrogens is 363 g/mol. The summed E-state index contributed by atoms with van der Waals surface area (Å²) in [5, 5.41) is 11.1. The largest absolute Gasteiger partial charge is 0.480 e. The van der Waals surface area contributed by atoms with E-state index in [9.17, 15) is 10.1 Å². The number of likely N-dealkylation sites (N-methyl/N-ethyl adjacent to an activating group) is 2. The van der Waals surface area contributed by atoms with Crippen LogP contribution in [0.3, 0.4) is 0 Å². The molecule has 0 fully saturated rings. The predicted molar refractivity (Wildman–Crippen MR) is 82.0 cm³/mol. The molecule has 7 nitrogen and oxygen atoms in total. The fourth-order valence-corrected chi connectivity index (χ4v) is 2.10. The van der Waals surface area contributed by atoms with E-state index >= 15 is 0 Å². The summed E-state index contributed by atoms with van der Waals surface area (Å²) < 4.78 is 5.74. The highest BCUT2D eigenvalue weighted by molar-refractivity contribution is 14.1. The molecule has 0 aliphatic heterocycles. The maximum absolute atomic E-state index is 11.1. The van der Waals surface area contributed by atoms with Gasteiger partial charge in [0.1, 0.15) is 0 Å². The van der Waals surface area contributed by atoms with Crippen LogP contribution in [0.5, 0.6) is 5.88 Å².